The van der Waals surface area contributed by atoms with Crippen LogP contribution in [0.15, 0.2) is 35.9 Å². The van der Waals surface area contributed by atoms with Gasteiger partial charge >= 0.3 is 0 Å². The van der Waals surface area contributed by atoms with E-state index in [0.717, 1.165) is 18.5 Å². The standard InChI is InChI=1S/C17H22N2O/c18-12-15-6-8-16(9-7-15)17(20)13-19-11-10-14-4-2-1-3-5-14/h4,6-9,17,19-20H,1-3,5,10-11,13H2. The number of aliphatic hydroxyl groups excluding tert-OH is 1. The Hall–Kier alpha value is -1.63. The van der Waals surface area contributed by atoms with Crippen LogP contribution >= 0.6 is 0 Å². The number of nitriles is 1. The van der Waals surface area contributed by atoms with E-state index in [0.29, 0.717) is 12.1 Å². The topological polar surface area (TPSA) is 56.0 Å². The fraction of sp³-hybridized carbons (Fsp3) is 0.471. The molecule has 0 saturated carbocycles. The Labute approximate surface area is 120 Å². The Bertz CT molecular complexity index is 485. The number of nitrogens with one attached hydrogen (secondary N) is 1. The summed E-state index contributed by atoms with van der Waals surface area (Å²) in [4.78, 5) is 0. The molecule has 0 amide bonds. The van der Waals surface area contributed by atoms with Crippen molar-refractivity contribution in [3.63, 3.8) is 0 Å². The molecule has 1 aliphatic carbocycles. The van der Waals surface area contributed by atoms with Gasteiger partial charge in [0.25, 0.3) is 0 Å². The van der Waals surface area contributed by atoms with Gasteiger partial charge in [-0.05, 0) is 56.3 Å². The fourth-order valence-electron chi connectivity index (χ4n) is 2.52. The molecule has 1 atom stereocenters. The van der Waals surface area contributed by atoms with Crippen molar-refractivity contribution in [2.24, 2.45) is 0 Å². The first-order valence-electron chi connectivity index (χ1n) is 7.36. The van der Waals surface area contributed by atoms with Crippen LogP contribution in [0.2, 0.25) is 0 Å². The third-order valence-corrected chi connectivity index (χ3v) is 3.77. The highest BCUT2D eigenvalue weighted by atomic mass is 16.3. The van der Waals surface area contributed by atoms with Gasteiger partial charge in [-0.3, -0.25) is 0 Å². The molecule has 0 bridgehead atoms. The highest BCUT2D eigenvalue weighted by molar-refractivity contribution is 5.32. The van der Waals surface area contributed by atoms with Crippen LogP contribution in [-0.4, -0.2) is 18.2 Å². The van der Waals surface area contributed by atoms with Crippen molar-refractivity contribution in [1.29, 1.82) is 5.26 Å². The average molecular weight is 270 g/mol. The summed E-state index contributed by atoms with van der Waals surface area (Å²) in [7, 11) is 0. The summed E-state index contributed by atoms with van der Waals surface area (Å²) in [5.41, 5.74) is 3.03. The Morgan fingerprint density at radius 2 is 2.05 bits per heavy atom. The van der Waals surface area contributed by atoms with Gasteiger partial charge in [0.1, 0.15) is 0 Å². The number of nitrogens with zero attached hydrogens (tertiary/aromatic N) is 1. The number of hydrogen-bond donors (Lipinski definition) is 2. The summed E-state index contributed by atoms with van der Waals surface area (Å²) in [6, 6.07) is 9.19. The van der Waals surface area contributed by atoms with Crippen molar-refractivity contribution in [2.45, 2.75) is 38.2 Å². The molecule has 1 aliphatic rings. The molecular weight excluding hydrogens is 248 g/mol. The minimum Gasteiger partial charge on any atom is -0.387 e. The summed E-state index contributed by atoms with van der Waals surface area (Å²) < 4.78 is 0. The predicted octanol–water partition coefficient (Wildman–Crippen LogP) is 3.07. The smallest absolute Gasteiger partial charge is 0.0991 e. The highest BCUT2D eigenvalue weighted by Gasteiger charge is 2.07. The summed E-state index contributed by atoms with van der Waals surface area (Å²) in [6.45, 7) is 1.47. The lowest BCUT2D eigenvalue weighted by Crippen LogP contribution is -2.23. The molecule has 3 heteroatoms. The van der Waals surface area contributed by atoms with E-state index in [1.165, 1.54) is 25.7 Å². The van der Waals surface area contributed by atoms with Crippen LogP contribution in [-0.2, 0) is 0 Å². The lowest BCUT2D eigenvalue weighted by Gasteiger charge is -2.15. The van der Waals surface area contributed by atoms with Crippen molar-refractivity contribution >= 4 is 0 Å². The van der Waals surface area contributed by atoms with E-state index in [-0.39, 0.29) is 0 Å². The number of allylic oxidation sites excluding steroid dienone is 1. The van der Waals surface area contributed by atoms with E-state index in [2.05, 4.69) is 17.5 Å². The second-order valence-electron chi connectivity index (χ2n) is 5.31. The molecule has 2 rings (SSSR count). The number of aliphatic hydroxyl groups is 1. The van der Waals surface area contributed by atoms with Gasteiger partial charge in [0.05, 0.1) is 17.7 Å². The second-order valence-corrected chi connectivity index (χ2v) is 5.31. The Morgan fingerprint density at radius 1 is 1.25 bits per heavy atom. The highest BCUT2D eigenvalue weighted by Crippen LogP contribution is 2.19. The molecule has 3 nitrogen and oxygen atoms in total. The zero-order valence-electron chi connectivity index (χ0n) is 11.8. The van der Waals surface area contributed by atoms with Crippen molar-refractivity contribution in [1.82, 2.24) is 5.32 Å². The summed E-state index contributed by atoms with van der Waals surface area (Å²) in [5.74, 6) is 0. The Morgan fingerprint density at radius 3 is 2.70 bits per heavy atom. The molecule has 0 spiro atoms. The zero-order valence-corrected chi connectivity index (χ0v) is 11.8. The minimum atomic E-state index is -0.511. The third-order valence-electron chi connectivity index (χ3n) is 3.77. The number of benzene rings is 1. The molecule has 1 aromatic carbocycles. The van der Waals surface area contributed by atoms with Crippen molar-refractivity contribution < 1.29 is 5.11 Å². The van der Waals surface area contributed by atoms with E-state index < -0.39 is 6.10 Å². The Kier molecular flexibility index (Phi) is 5.79. The van der Waals surface area contributed by atoms with Crippen LogP contribution in [0.1, 0.15) is 49.3 Å². The van der Waals surface area contributed by atoms with E-state index in [9.17, 15) is 5.11 Å². The van der Waals surface area contributed by atoms with Crippen molar-refractivity contribution in [3.05, 3.63) is 47.0 Å². The molecule has 0 aliphatic heterocycles. The molecular formula is C17H22N2O. The van der Waals surface area contributed by atoms with Gasteiger partial charge in [0.2, 0.25) is 0 Å². The zero-order chi connectivity index (χ0) is 14.2. The van der Waals surface area contributed by atoms with Crippen molar-refractivity contribution in [3.8, 4) is 6.07 Å². The second kappa shape index (κ2) is 7.84. The normalized spacial score (nSPS) is 16.3. The van der Waals surface area contributed by atoms with E-state index >= 15 is 0 Å². The number of rotatable bonds is 6. The van der Waals surface area contributed by atoms with Crippen LogP contribution in [0.3, 0.4) is 0 Å². The lowest BCUT2D eigenvalue weighted by molar-refractivity contribution is 0.175. The Balaban J connectivity index is 1.70. The quantitative estimate of drug-likeness (QED) is 0.617. The van der Waals surface area contributed by atoms with Gasteiger partial charge < -0.3 is 10.4 Å². The van der Waals surface area contributed by atoms with Gasteiger partial charge in [-0.25, -0.2) is 0 Å². The van der Waals surface area contributed by atoms with Gasteiger partial charge in [-0.15, -0.1) is 0 Å². The van der Waals surface area contributed by atoms with Crippen LogP contribution in [0, 0.1) is 11.3 Å². The maximum Gasteiger partial charge on any atom is 0.0991 e. The molecule has 0 fully saturated rings. The van der Waals surface area contributed by atoms with Gasteiger partial charge in [-0.1, -0.05) is 23.8 Å². The molecule has 0 radical (unpaired) electrons. The first-order chi connectivity index (χ1) is 9.79. The third kappa shape index (κ3) is 4.48. The maximum absolute atomic E-state index is 10.1. The summed E-state index contributed by atoms with van der Waals surface area (Å²) >= 11 is 0. The first-order valence-corrected chi connectivity index (χ1v) is 7.36. The van der Waals surface area contributed by atoms with Crippen LogP contribution in [0.5, 0.6) is 0 Å². The number of hydrogen-bond acceptors (Lipinski definition) is 3. The van der Waals surface area contributed by atoms with Gasteiger partial charge in [-0.2, -0.15) is 5.26 Å². The van der Waals surface area contributed by atoms with E-state index in [1.807, 2.05) is 12.1 Å². The largest absolute Gasteiger partial charge is 0.387 e. The summed E-state index contributed by atoms with van der Waals surface area (Å²) in [5, 5.41) is 22.1. The molecule has 2 N–H and O–H groups in total. The molecule has 106 valence electrons. The van der Waals surface area contributed by atoms with Gasteiger partial charge in [0, 0.05) is 6.54 Å². The van der Waals surface area contributed by atoms with Crippen LogP contribution < -0.4 is 5.32 Å². The average Bonchev–Trinajstić information content (AvgIpc) is 2.52. The van der Waals surface area contributed by atoms with E-state index in [4.69, 9.17) is 5.26 Å². The molecule has 0 heterocycles. The maximum atomic E-state index is 10.1. The predicted molar refractivity (Wildman–Crippen MR) is 80.2 cm³/mol. The molecule has 0 aromatic heterocycles. The van der Waals surface area contributed by atoms with Gasteiger partial charge in [0.15, 0.2) is 0 Å². The van der Waals surface area contributed by atoms with E-state index in [1.54, 1.807) is 17.7 Å². The van der Waals surface area contributed by atoms with Crippen LogP contribution in [0.25, 0.3) is 0 Å². The molecule has 0 saturated heterocycles. The molecule has 20 heavy (non-hydrogen) atoms. The fourth-order valence-corrected chi connectivity index (χ4v) is 2.52. The minimum absolute atomic E-state index is 0.511. The SMILES string of the molecule is N#Cc1ccc(C(O)CNCCC2=CCCCC2)cc1. The molecule has 1 unspecified atom stereocenters. The monoisotopic (exact) mass is 270 g/mol. The summed E-state index contributed by atoms with van der Waals surface area (Å²) in [6.07, 6.45) is 8.04. The first kappa shape index (κ1) is 14.8. The van der Waals surface area contributed by atoms with Crippen molar-refractivity contribution in [2.75, 3.05) is 13.1 Å². The lowest BCUT2D eigenvalue weighted by atomic mass is 9.97. The van der Waals surface area contributed by atoms with Crippen LogP contribution in [0.4, 0.5) is 0 Å². The molecule has 1 aromatic rings.